The molecule has 0 radical (unpaired) electrons. The molecule has 9 nitrogen and oxygen atoms in total. The molecule has 1 aromatic carbocycles. The molecule has 0 unspecified atom stereocenters. The Kier molecular flexibility index (Phi) is 8.85. The second kappa shape index (κ2) is 12.0. The standard InChI is InChI=1S/C31H39NO8/c1-6-20-8-9-26(24(34)13-17(2)3)38-30(37)18(4)7-10-27(36)32-23-15-21(33)14-22-28-19(5)25(35)16-31(39-28,12-11-20)40-29(22)23/h7-9,13-15,19-20,24,26,28,33-34H,6,10-12,16H2,1-5H3,(H,32,36)/b9-8?,18-7-/t19-,20-,24-,26-,28-,31-/m0/s1. The molecule has 216 valence electrons. The summed E-state index contributed by atoms with van der Waals surface area (Å²) in [7, 11) is 0. The summed E-state index contributed by atoms with van der Waals surface area (Å²) in [6, 6.07) is 2.91. The van der Waals surface area contributed by atoms with E-state index in [1.807, 2.05) is 26.8 Å². The number of phenolic OH excluding ortho intramolecular Hbond substituents is 1. The van der Waals surface area contributed by atoms with Gasteiger partial charge in [-0.25, -0.2) is 4.79 Å². The van der Waals surface area contributed by atoms with Gasteiger partial charge in [0.1, 0.15) is 29.8 Å². The molecule has 1 fully saturated rings. The summed E-state index contributed by atoms with van der Waals surface area (Å²) in [6.45, 7) is 9.06. The molecular formula is C31H39NO8. The first-order chi connectivity index (χ1) is 18.9. The van der Waals surface area contributed by atoms with Crippen LogP contribution in [0.1, 0.15) is 78.4 Å². The number of aliphatic hydroxyl groups excluding tert-OH is 1. The Morgan fingerprint density at radius 1 is 1.23 bits per heavy atom. The number of ketones is 1. The summed E-state index contributed by atoms with van der Waals surface area (Å²) in [4.78, 5) is 38.8. The van der Waals surface area contributed by atoms with Crippen molar-refractivity contribution < 1.29 is 38.8 Å². The van der Waals surface area contributed by atoms with E-state index in [2.05, 4.69) is 5.32 Å². The number of carbonyl (C=O) groups is 3. The van der Waals surface area contributed by atoms with Crippen molar-refractivity contribution in [2.45, 2.75) is 90.8 Å². The van der Waals surface area contributed by atoms with Crippen LogP contribution in [-0.4, -0.2) is 45.9 Å². The molecule has 6 atom stereocenters. The Bertz CT molecular complexity index is 1260. The van der Waals surface area contributed by atoms with Gasteiger partial charge in [-0.3, -0.25) is 9.59 Å². The zero-order valence-electron chi connectivity index (χ0n) is 23.7. The summed E-state index contributed by atoms with van der Waals surface area (Å²) in [5, 5.41) is 24.0. The molecular weight excluding hydrogens is 514 g/mol. The van der Waals surface area contributed by atoms with Crippen molar-refractivity contribution in [2.24, 2.45) is 11.8 Å². The molecule has 1 amide bonds. The number of Topliss-reactive ketones (excluding diaryl/α,β-unsaturated/α-hetero) is 1. The molecule has 9 heteroatoms. The number of ether oxygens (including phenoxy) is 3. The SMILES string of the molecule is CC[C@H]1C=C[C@@H]([C@@H](O)C=C(C)C)OC(=O)/C(C)=C\CC(=O)Nc2cc(O)cc3c2O[C@@]2(CC1)CC(=O)[C@H](C)[C@@H]3O2. The predicted octanol–water partition coefficient (Wildman–Crippen LogP) is 5.04. The van der Waals surface area contributed by atoms with E-state index in [-0.39, 0.29) is 41.6 Å². The number of hydrogen-bond acceptors (Lipinski definition) is 8. The Hall–Kier alpha value is -3.43. The lowest BCUT2D eigenvalue weighted by Crippen LogP contribution is -2.52. The third kappa shape index (κ3) is 6.47. The van der Waals surface area contributed by atoms with Gasteiger partial charge in [0.15, 0.2) is 5.75 Å². The first-order valence-electron chi connectivity index (χ1n) is 13.9. The topological polar surface area (TPSA) is 131 Å². The van der Waals surface area contributed by atoms with Crippen molar-refractivity contribution in [1.29, 1.82) is 0 Å². The van der Waals surface area contributed by atoms with E-state index in [0.717, 1.165) is 12.0 Å². The summed E-state index contributed by atoms with van der Waals surface area (Å²) in [5.41, 5.74) is 1.87. The van der Waals surface area contributed by atoms with Gasteiger partial charge in [-0.1, -0.05) is 37.6 Å². The molecule has 0 aliphatic carbocycles. The van der Waals surface area contributed by atoms with E-state index in [9.17, 15) is 24.6 Å². The summed E-state index contributed by atoms with van der Waals surface area (Å²) in [5.74, 6) is -2.46. The van der Waals surface area contributed by atoms with Crippen LogP contribution >= 0.6 is 0 Å². The van der Waals surface area contributed by atoms with Gasteiger partial charge in [0.2, 0.25) is 11.7 Å². The molecule has 3 aliphatic heterocycles. The Morgan fingerprint density at radius 3 is 2.67 bits per heavy atom. The van der Waals surface area contributed by atoms with Crippen LogP contribution in [0.5, 0.6) is 11.5 Å². The molecule has 1 saturated heterocycles. The van der Waals surface area contributed by atoms with Crippen molar-refractivity contribution in [3.8, 4) is 11.5 Å². The highest BCUT2D eigenvalue weighted by Gasteiger charge is 2.52. The molecule has 0 aromatic heterocycles. The zero-order chi connectivity index (χ0) is 29.2. The number of amides is 1. The van der Waals surface area contributed by atoms with E-state index in [1.165, 1.54) is 18.2 Å². The number of anilines is 1. The third-order valence-electron chi connectivity index (χ3n) is 7.71. The van der Waals surface area contributed by atoms with Gasteiger partial charge in [0, 0.05) is 36.0 Å². The number of aromatic hydroxyl groups is 1. The van der Waals surface area contributed by atoms with E-state index >= 15 is 0 Å². The third-order valence-corrected chi connectivity index (χ3v) is 7.71. The summed E-state index contributed by atoms with van der Waals surface area (Å²) in [6.07, 6.45) is 5.73. The van der Waals surface area contributed by atoms with Gasteiger partial charge >= 0.3 is 5.97 Å². The number of fused-ring (bicyclic) bond motifs is 2. The highest BCUT2D eigenvalue weighted by Crippen LogP contribution is 2.53. The minimum atomic E-state index is -1.23. The number of benzene rings is 1. The lowest BCUT2D eigenvalue weighted by molar-refractivity contribution is -0.261. The zero-order valence-corrected chi connectivity index (χ0v) is 23.7. The average molecular weight is 554 g/mol. The Labute approximate surface area is 234 Å². The van der Waals surface area contributed by atoms with Gasteiger partial charge < -0.3 is 29.7 Å². The number of nitrogens with one attached hydrogen (secondary N) is 1. The highest BCUT2D eigenvalue weighted by atomic mass is 16.7. The number of rotatable bonds is 3. The second-order valence-electron chi connectivity index (χ2n) is 11.2. The van der Waals surface area contributed by atoms with Crippen LogP contribution in [0.25, 0.3) is 0 Å². The fraction of sp³-hybridized carbons (Fsp3) is 0.516. The van der Waals surface area contributed by atoms with Crippen LogP contribution in [0.2, 0.25) is 0 Å². The minimum Gasteiger partial charge on any atom is -0.508 e. The van der Waals surface area contributed by atoms with Crippen LogP contribution < -0.4 is 10.1 Å². The number of allylic oxidation sites excluding steroid dienone is 2. The van der Waals surface area contributed by atoms with Gasteiger partial charge in [-0.05, 0) is 51.7 Å². The monoisotopic (exact) mass is 553 g/mol. The summed E-state index contributed by atoms with van der Waals surface area (Å²) < 4.78 is 18.5. The van der Waals surface area contributed by atoms with Gasteiger partial charge in [-0.2, -0.15) is 0 Å². The minimum absolute atomic E-state index is 0.00254. The van der Waals surface area contributed by atoms with Crippen LogP contribution in [0.4, 0.5) is 5.69 Å². The number of aliphatic hydroxyl groups is 1. The lowest BCUT2D eigenvalue weighted by atomic mass is 9.82. The number of cyclic esters (lactones) is 1. The number of hydrogen-bond donors (Lipinski definition) is 3. The maximum absolute atomic E-state index is 13.1. The Morgan fingerprint density at radius 2 is 1.98 bits per heavy atom. The molecule has 1 aromatic rings. The largest absolute Gasteiger partial charge is 0.508 e. The molecule has 3 aliphatic rings. The van der Waals surface area contributed by atoms with Crippen molar-refractivity contribution in [3.63, 3.8) is 0 Å². The predicted molar refractivity (Wildman–Crippen MR) is 149 cm³/mol. The molecule has 4 rings (SSSR count). The van der Waals surface area contributed by atoms with Gasteiger partial charge in [-0.15, -0.1) is 0 Å². The fourth-order valence-electron chi connectivity index (χ4n) is 5.32. The number of esters is 1. The van der Waals surface area contributed by atoms with E-state index in [4.69, 9.17) is 14.2 Å². The lowest BCUT2D eigenvalue weighted by Gasteiger charge is -2.48. The smallest absolute Gasteiger partial charge is 0.334 e. The normalized spacial score (nSPS) is 31.1. The van der Waals surface area contributed by atoms with E-state index in [0.29, 0.717) is 24.2 Å². The molecule has 1 spiro atoms. The molecule has 40 heavy (non-hydrogen) atoms. The van der Waals surface area contributed by atoms with Crippen LogP contribution in [0.15, 0.2) is 47.6 Å². The van der Waals surface area contributed by atoms with Crippen molar-refractivity contribution >= 4 is 23.3 Å². The Balaban J connectivity index is 1.76. The quantitative estimate of drug-likeness (QED) is 0.351. The fourth-order valence-corrected chi connectivity index (χ4v) is 5.32. The summed E-state index contributed by atoms with van der Waals surface area (Å²) >= 11 is 0. The molecule has 3 bridgehead atoms. The average Bonchev–Trinajstić information content (AvgIpc) is 2.89. The number of phenols is 1. The molecule has 3 N–H and O–H groups in total. The van der Waals surface area contributed by atoms with Gasteiger partial charge in [0.05, 0.1) is 12.1 Å². The maximum atomic E-state index is 13.1. The van der Waals surface area contributed by atoms with E-state index in [1.54, 1.807) is 26.0 Å². The van der Waals surface area contributed by atoms with Crippen molar-refractivity contribution in [1.82, 2.24) is 0 Å². The first kappa shape index (κ1) is 29.6. The number of carbonyl (C=O) groups excluding carboxylic acids is 3. The van der Waals surface area contributed by atoms with E-state index < -0.39 is 41.9 Å². The molecule has 3 heterocycles. The van der Waals surface area contributed by atoms with Crippen molar-refractivity contribution in [3.05, 3.63) is 53.1 Å². The van der Waals surface area contributed by atoms with Gasteiger partial charge in [0.25, 0.3) is 0 Å². The highest BCUT2D eigenvalue weighted by molar-refractivity contribution is 5.96. The van der Waals surface area contributed by atoms with Crippen LogP contribution in [0, 0.1) is 11.8 Å². The molecule has 0 saturated carbocycles. The second-order valence-corrected chi connectivity index (χ2v) is 11.2. The van der Waals surface area contributed by atoms with Crippen LogP contribution in [-0.2, 0) is 23.9 Å². The maximum Gasteiger partial charge on any atom is 0.334 e. The van der Waals surface area contributed by atoms with Crippen LogP contribution in [0.3, 0.4) is 0 Å². The first-order valence-corrected chi connectivity index (χ1v) is 13.9. The van der Waals surface area contributed by atoms with Crippen molar-refractivity contribution in [2.75, 3.05) is 5.32 Å².